The van der Waals surface area contributed by atoms with E-state index in [9.17, 15) is 40.8 Å². The molecule has 1 unspecified atom stereocenters. The van der Waals surface area contributed by atoms with Crippen LogP contribution < -0.4 is 4.90 Å². The summed E-state index contributed by atoms with van der Waals surface area (Å²) in [6.07, 6.45) is -4.61. The number of benzene rings is 4. The van der Waals surface area contributed by atoms with Crippen LogP contribution in [0.15, 0.2) is 94.7 Å². The minimum atomic E-state index is -4.61. The lowest BCUT2D eigenvalue weighted by atomic mass is 9.90. The standard InChI is InChI=1S/C32H21F3N2O6S/c1-17-3-5-18(6-4-17)27(32(33,34)35)19-7-9-20(10-8-19)37-30(40)24-14-12-22(16-26(24)31(37)41)44(42,43)21-11-13-23-25(15-21)29(39)36(2)28(23)38/h3-16,27H,1-2H3. The molecule has 0 N–H and O–H groups in total. The molecule has 4 aromatic carbocycles. The first kappa shape index (κ1) is 29.0. The number of halogens is 3. The fourth-order valence-electron chi connectivity index (χ4n) is 5.41. The Morgan fingerprint density at radius 1 is 0.614 bits per heavy atom. The predicted octanol–water partition coefficient (Wildman–Crippen LogP) is 5.55. The minimum absolute atomic E-state index is 0.0140. The lowest BCUT2D eigenvalue weighted by Gasteiger charge is -2.22. The number of anilines is 1. The molecular weight excluding hydrogens is 597 g/mol. The molecule has 44 heavy (non-hydrogen) atoms. The number of amides is 4. The van der Waals surface area contributed by atoms with Crippen molar-refractivity contribution in [2.24, 2.45) is 0 Å². The van der Waals surface area contributed by atoms with Gasteiger partial charge in [-0.2, -0.15) is 13.2 Å². The summed E-state index contributed by atoms with van der Waals surface area (Å²) in [6, 6.07) is 17.7. The lowest BCUT2D eigenvalue weighted by Crippen LogP contribution is -2.29. The molecule has 8 nitrogen and oxygen atoms in total. The van der Waals surface area contributed by atoms with Gasteiger partial charge in [-0.3, -0.25) is 24.1 Å². The fraction of sp³-hybridized carbons (Fsp3) is 0.125. The van der Waals surface area contributed by atoms with Gasteiger partial charge in [0.1, 0.15) is 5.92 Å². The molecule has 2 heterocycles. The Bertz CT molecular complexity index is 2020. The van der Waals surface area contributed by atoms with Gasteiger partial charge in [0.15, 0.2) is 0 Å². The molecule has 0 saturated heterocycles. The molecule has 2 aliphatic heterocycles. The molecule has 1 atom stereocenters. The summed E-state index contributed by atoms with van der Waals surface area (Å²) in [6.45, 7) is 1.76. The number of carbonyl (C=O) groups is 4. The van der Waals surface area contributed by atoms with E-state index in [0.29, 0.717) is 0 Å². The largest absolute Gasteiger partial charge is 0.399 e. The van der Waals surface area contributed by atoms with Gasteiger partial charge in [0.05, 0.1) is 37.7 Å². The average Bonchev–Trinajstić information content (AvgIpc) is 3.37. The number of aryl methyl sites for hydroxylation is 1. The molecule has 4 aromatic rings. The second kappa shape index (κ2) is 9.98. The van der Waals surface area contributed by atoms with Gasteiger partial charge < -0.3 is 0 Å². The molecule has 0 spiro atoms. The second-order valence-electron chi connectivity index (χ2n) is 10.5. The van der Waals surface area contributed by atoms with E-state index >= 15 is 0 Å². The molecule has 4 amide bonds. The van der Waals surface area contributed by atoms with Crippen molar-refractivity contribution in [1.29, 1.82) is 0 Å². The Morgan fingerprint density at radius 2 is 1.05 bits per heavy atom. The molecule has 0 saturated carbocycles. The highest BCUT2D eigenvalue weighted by atomic mass is 32.2. The minimum Gasteiger partial charge on any atom is -0.277 e. The number of hydrogen-bond acceptors (Lipinski definition) is 6. The lowest BCUT2D eigenvalue weighted by molar-refractivity contribution is -0.141. The van der Waals surface area contributed by atoms with Gasteiger partial charge in [-0.15, -0.1) is 0 Å². The quantitative estimate of drug-likeness (QED) is 0.272. The molecule has 0 bridgehead atoms. The van der Waals surface area contributed by atoms with Crippen molar-refractivity contribution in [2.45, 2.75) is 28.8 Å². The highest BCUT2D eigenvalue weighted by molar-refractivity contribution is 7.91. The van der Waals surface area contributed by atoms with Crippen LogP contribution in [0.4, 0.5) is 18.9 Å². The Labute approximate surface area is 249 Å². The average molecular weight is 619 g/mol. The van der Waals surface area contributed by atoms with Crippen LogP contribution in [0.5, 0.6) is 0 Å². The Hall–Kier alpha value is -5.10. The summed E-state index contributed by atoms with van der Waals surface area (Å²) in [4.78, 5) is 52.2. The third kappa shape index (κ3) is 4.49. The summed E-state index contributed by atoms with van der Waals surface area (Å²) in [5.74, 6) is -4.76. The molecule has 0 aliphatic carbocycles. The predicted molar refractivity (Wildman–Crippen MR) is 151 cm³/mol. The smallest absolute Gasteiger partial charge is 0.277 e. The monoisotopic (exact) mass is 618 g/mol. The number of nitrogens with zero attached hydrogens (tertiary/aromatic N) is 2. The van der Waals surface area contributed by atoms with Crippen LogP contribution in [0.3, 0.4) is 0 Å². The van der Waals surface area contributed by atoms with Gasteiger partial charge >= 0.3 is 6.18 Å². The van der Waals surface area contributed by atoms with Crippen LogP contribution in [-0.4, -0.2) is 50.2 Å². The number of fused-ring (bicyclic) bond motifs is 2. The third-order valence-corrected chi connectivity index (χ3v) is 9.51. The number of alkyl halides is 3. The van der Waals surface area contributed by atoms with E-state index in [1.54, 1.807) is 19.1 Å². The number of imide groups is 2. The molecule has 2 aliphatic rings. The number of rotatable bonds is 5. The molecule has 12 heteroatoms. The summed E-state index contributed by atoms with van der Waals surface area (Å²) < 4.78 is 69.1. The maximum absolute atomic E-state index is 14.1. The maximum atomic E-state index is 14.1. The van der Waals surface area contributed by atoms with Gasteiger partial charge in [-0.1, -0.05) is 42.0 Å². The van der Waals surface area contributed by atoms with Gasteiger partial charge in [0, 0.05) is 7.05 Å². The first-order valence-electron chi connectivity index (χ1n) is 13.2. The topological polar surface area (TPSA) is 109 Å². The van der Waals surface area contributed by atoms with Crippen molar-refractivity contribution in [2.75, 3.05) is 11.9 Å². The first-order valence-corrected chi connectivity index (χ1v) is 14.7. The summed E-state index contributed by atoms with van der Waals surface area (Å²) in [7, 11) is -3.01. The summed E-state index contributed by atoms with van der Waals surface area (Å²) in [5.41, 5.74) is 0.470. The van der Waals surface area contributed by atoms with Crippen LogP contribution in [0.1, 0.15) is 64.0 Å². The number of carbonyl (C=O) groups excluding carboxylic acids is 4. The highest BCUT2D eigenvalue weighted by Gasteiger charge is 2.43. The highest BCUT2D eigenvalue weighted by Crippen LogP contribution is 2.41. The van der Waals surface area contributed by atoms with E-state index < -0.39 is 45.6 Å². The van der Waals surface area contributed by atoms with Gasteiger partial charge in [-0.05, 0) is 66.6 Å². The molecule has 0 radical (unpaired) electrons. The van der Waals surface area contributed by atoms with E-state index in [1.807, 2.05) is 0 Å². The molecule has 6 rings (SSSR count). The zero-order valence-electron chi connectivity index (χ0n) is 23.0. The fourth-order valence-corrected chi connectivity index (χ4v) is 6.72. The number of sulfone groups is 1. The van der Waals surface area contributed by atoms with Crippen molar-refractivity contribution in [1.82, 2.24) is 4.90 Å². The van der Waals surface area contributed by atoms with Gasteiger partial charge in [0.2, 0.25) is 9.84 Å². The van der Waals surface area contributed by atoms with Gasteiger partial charge in [-0.25, -0.2) is 13.3 Å². The van der Waals surface area contributed by atoms with E-state index in [2.05, 4.69) is 0 Å². The van der Waals surface area contributed by atoms with Crippen molar-refractivity contribution < 1.29 is 40.8 Å². The second-order valence-corrected chi connectivity index (χ2v) is 12.5. The van der Waals surface area contributed by atoms with Crippen molar-refractivity contribution >= 4 is 39.2 Å². The normalized spacial score (nSPS) is 15.6. The SMILES string of the molecule is Cc1ccc(C(c2ccc(N3C(=O)c4ccc(S(=O)(=O)c5ccc6c(c5)C(=O)N(C)C6=O)cc4C3=O)cc2)C(F)(F)F)cc1. The van der Waals surface area contributed by atoms with E-state index in [-0.39, 0.29) is 48.9 Å². The zero-order chi connectivity index (χ0) is 31.7. The van der Waals surface area contributed by atoms with Gasteiger partial charge in [0.25, 0.3) is 23.6 Å². The van der Waals surface area contributed by atoms with Crippen LogP contribution >= 0.6 is 0 Å². The Kier molecular flexibility index (Phi) is 6.58. The Balaban J connectivity index is 1.31. The molecular formula is C32H21F3N2O6S. The van der Waals surface area contributed by atoms with Crippen molar-refractivity contribution in [3.63, 3.8) is 0 Å². The van der Waals surface area contributed by atoms with Crippen molar-refractivity contribution in [3.8, 4) is 0 Å². The molecule has 0 aromatic heterocycles. The van der Waals surface area contributed by atoms with Crippen LogP contribution in [0, 0.1) is 6.92 Å². The number of hydrogen-bond donors (Lipinski definition) is 0. The van der Waals surface area contributed by atoms with Crippen molar-refractivity contribution in [3.05, 3.63) is 124 Å². The molecule has 0 fully saturated rings. The van der Waals surface area contributed by atoms with E-state index in [4.69, 9.17) is 0 Å². The zero-order valence-corrected chi connectivity index (χ0v) is 23.9. The maximum Gasteiger partial charge on any atom is 0.399 e. The first-order chi connectivity index (χ1) is 20.7. The molecule has 222 valence electrons. The van der Waals surface area contributed by atoms with Crippen LogP contribution in [0.2, 0.25) is 0 Å². The summed E-state index contributed by atoms with van der Waals surface area (Å²) >= 11 is 0. The summed E-state index contributed by atoms with van der Waals surface area (Å²) in [5, 5.41) is 0. The third-order valence-electron chi connectivity index (χ3n) is 7.76. The Morgan fingerprint density at radius 3 is 1.57 bits per heavy atom. The van der Waals surface area contributed by atoms with Crippen LogP contribution in [0.25, 0.3) is 0 Å². The van der Waals surface area contributed by atoms with Crippen LogP contribution in [-0.2, 0) is 9.84 Å². The van der Waals surface area contributed by atoms with E-state index in [1.165, 1.54) is 61.6 Å². The van der Waals surface area contributed by atoms with E-state index in [0.717, 1.165) is 33.6 Å².